The van der Waals surface area contributed by atoms with Crippen molar-refractivity contribution >= 4 is 11.9 Å². The molecule has 146 valence electrons. The molecular formula is C22H34O4. The number of hydrogen-bond acceptors (Lipinski definition) is 4. The number of allylic oxidation sites excluding steroid dienone is 2. The highest BCUT2D eigenvalue weighted by atomic mass is 16.5. The van der Waals surface area contributed by atoms with Gasteiger partial charge < -0.3 is 9.47 Å². The van der Waals surface area contributed by atoms with E-state index in [9.17, 15) is 9.59 Å². The van der Waals surface area contributed by atoms with Crippen LogP contribution >= 0.6 is 0 Å². The van der Waals surface area contributed by atoms with Crippen molar-refractivity contribution in [2.45, 2.75) is 78.1 Å². The first kappa shape index (κ1) is 22.2. The SMILES string of the molecule is CCC/C=C/CCOC(=O)C1=C(C(=O)OCC/C=C/CCC)CCCC1. The van der Waals surface area contributed by atoms with Gasteiger partial charge in [0.25, 0.3) is 0 Å². The molecule has 0 N–H and O–H groups in total. The highest BCUT2D eigenvalue weighted by Crippen LogP contribution is 2.26. The van der Waals surface area contributed by atoms with Crippen LogP contribution in [-0.4, -0.2) is 25.2 Å². The van der Waals surface area contributed by atoms with Crippen LogP contribution in [-0.2, 0) is 19.1 Å². The van der Waals surface area contributed by atoms with Crippen LogP contribution in [0.4, 0.5) is 0 Å². The zero-order valence-corrected chi connectivity index (χ0v) is 16.4. The zero-order chi connectivity index (χ0) is 19.0. The van der Waals surface area contributed by atoms with Crippen LogP contribution in [0.1, 0.15) is 78.1 Å². The summed E-state index contributed by atoms with van der Waals surface area (Å²) in [6, 6.07) is 0. The van der Waals surface area contributed by atoms with Crippen molar-refractivity contribution in [1.29, 1.82) is 0 Å². The van der Waals surface area contributed by atoms with Crippen molar-refractivity contribution in [1.82, 2.24) is 0 Å². The summed E-state index contributed by atoms with van der Waals surface area (Å²) in [5.41, 5.74) is 1.03. The van der Waals surface area contributed by atoms with Crippen LogP contribution in [0.15, 0.2) is 35.5 Å². The first-order valence-corrected chi connectivity index (χ1v) is 10.1. The number of hydrogen-bond donors (Lipinski definition) is 0. The molecule has 26 heavy (non-hydrogen) atoms. The molecule has 1 aliphatic rings. The van der Waals surface area contributed by atoms with E-state index in [4.69, 9.17) is 9.47 Å². The van der Waals surface area contributed by atoms with Crippen LogP contribution < -0.4 is 0 Å². The van der Waals surface area contributed by atoms with Gasteiger partial charge in [0.05, 0.1) is 13.2 Å². The third-order valence-electron chi connectivity index (χ3n) is 4.24. The number of rotatable bonds is 12. The van der Waals surface area contributed by atoms with Crippen molar-refractivity contribution in [3.05, 3.63) is 35.5 Å². The van der Waals surface area contributed by atoms with Gasteiger partial charge in [0.15, 0.2) is 0 Å². The van der Waals surface area contributed by atoms with E-state index in [0.717, 1.165) is 38.5 Å². The molecule has 0 heterocycles. The quantitative estimate of drug-likeness (QED) is 0.264. The molecule has 0 radical (unpaired) electrons. The lowest BCUT2D eigenvalue weighted by atomic mass is 9.92. The predicted octanol–water partition coefficient (Wildman–Crippen LogP) is 5.44. The maximum Gasteiger partial charge on any atom is 0.334 e. The molecule has 0 spiro atoms. The topological polar surface area (TPSA) is 52.6 Å². The summed E-state index contributed by atoms with van der Waals surface area (Å²) >= 11 is 0. The summed E-state index contributed by atoms with van der Waals surface area (Å²) < 4.78 is 10.7. The van der Waals surface area contributed by atoms with Crippen LogP contribution in [0.3, 0.4) is 0 Å². The molecule has 0 fully saturated rings. The van der Waals surface area contributed by atoms with E-state index < -0.39 is 0 Å². The van der Waals surface area contributed by atoms with Crippen LogP contribution in [0.5, 0.6) is 0 Å². The zero-order valence-electron chi connectivity index (χ0n) is 16.4. The van der Waals surface area contributed by atoms with E-state index in [2.05, 4.69) is 26.0 Å². The first-order valence-electron chi connectivity index (χ1n) is 10.1. The lowest BCUT2D eigenvalue weighted by Crippen LogP contribution is -2.20. The highest BCUT2D eigenvalue weighted by molar-refractivity contribution is 6.00. The molecule has 4 heteroatoms. The van der Waals surface area contributed by atoms with Gasteiger partial charge in [0.1, 0.15) is 0 Å². The number of carbonyl (C=O) groups is 2. The highest BCUT2D eigenvalue weighted by Gasteiger charge is 2.25. The van der Waals surface area contributed by atoms with Crippen molar-refractivity contribution in [3.63, 3.8) is 0 Å². The normalized spacial score (nSPS) is 15.0. The number of unbranched alkanes of at least 4 members (excludes halogenated alkanes) is 2. The maximum atomic E-state index is 12.3. The molecule has 1 aliphatic carbocycles. The molecule has 0 atom stereocenters. The maximum absolute atomic E-state index is 12.3. The van der Waals surface area contributed by atoms with Crippen LogP contribution in [0, 0.1) is 0 Å². The molecule has 0 bridgehead atoms. The van der Waals surface area contributed by atoms with Crippen molar-refractivity contribution in [2.24, 2.45) is 0 Å². The van der Waals surface area contributed by atoms with Gasteiger partial charge in [-0.25, -0.2) is 9.59 Å². The van der Waals surface area contributed by atoms with Crippen molar-refractivity contribution in [3.8, 4) is 0 Å². The van der Waals surface area contributed by atoms with Gasteiger partial charge in [-0.3, -0.25) is 0 Å². The van der Waals surface area contributed by atoms with E-state index in [0.29, 0.717) is 50.0 Å². The largest absolute Gasteiger partial charge is 0.462 e. The summed E-state index contributed by atoms with van der Waals surface area (Å²) in [6.07, 6.45) is 17.0. The lowest BCUT2D eigenvalue weighted by Gasteiger charge is -2.18. The third-order valence-corrected chi connectivity index (χ3v) is 4.24. The lowest BCUT2D eigenvalue weighted by molar-refractivity contribution is -0.142. The Bertz CT molecular complexity index is 468. The Balaban J connectivity index is 2.49. The first-order chi connectivity index (χ1) is 12.7. The Morgan fingerprint density at radius 2 is 1.12 bits per heavy atom. The molecule has 0 aromatic heterocycles. The van der Waals surface area contributed by atoms with Gasteiger partial charge in [-0.15, -0.1) is 0 Å². The number of ether oxygens (including phenoxy) is 2. The van der Waals surface area contributed by atoms with Crippen LogP contribution in [0.25, 0.3) is 0 Å². The van der Waals surface area contributed by atoms with E-state index in [1.54, 1.807) is 0 Å². The minimum Gasteiger partial charge on any atom is -0.462 e. The second-order valence-corrected chi connectivity index (χ2v) is 6.53. The molecule has 1 rings (SSSR count). The summed E-state index contributed by atoms with van der Waals surface area (Å²) in [5.74, 6) is -0.716. The molecule has 0 saturated carbocycles. The Labute approximate surface area is 158 Å². The second-order valence-electron chi connectivity index (χ2n) is 6.53. The van der Waals surface area contributed by atoms with E-state index in [1.165, 1.54) is 0 Å². The van der Waals surface area contributed by atoms with Gasteiger partial charge in [-0.1, -0.05) is 51.0 Å². The Hall–Kier alpha value is -1.84. The number of esters is 2. The molecule has 0 unspecified atom stereocenters. The average molecular weight is 363 g/mol. The Kier molecular flexibility index (Phi) is 12.2. The summed E-state index contributed by atoms with van der Waals surface area (Å²) in [5, 5.41) is 0. The van der Waals surface area contributed by atoms with Gasteiger partial charge >= 0.3 is 11.9 Å². The Morgan fingerprint density at radius 1 is 0.731 bits per heavy atom. The summed E-state index contributed by atoms with van der Waals surface area (Å²) in [4.78, 5) is 24.7. The smallest absolute Gasteiger partial charge is 0.334 e. The molecule has 0 aromatic rings. The molecular weight excluding hydrogens is 328 g/mol. The van der Waals surface area contributed by atoms with E-state index in [1.807, 2.05) is 12.2 Å². The molecule has 0 aliphatic heterocycles. The average Bonchev–Trinajstić information content (AvgIpc) is 2.67. The van der Waals surface area contributed by atoms with Gasteiger partial charge in [-0.2, -0.15) is 0 Å². The van der Waals surface area contributed by atoms with Crippen molar-refractivity contribution < 1.29 is 19.1 Å². The fourth-order valence-electron chi connectivity index (χ4n) is 2.77. The fraction of sp³-hybridized carbons (Fsp3) is 0.636. The molecule has 4 nitrogen and oxygen atoms in total. The standard InChI is InChI=1S/C22H34O4/c1-3-5-7-9-13-17-25-21(23)19-15-11-12-16-20(19)22(24)26-18-14-10-8-6-4-2/h7-10H,3-6,11-18H2,1-2H3/b9-7+,10-8+. The monoisotopic (exact) mass is 362 g/mol. The fourth-order valence-corrected chi connectivity index (χ4v) is 2.77. The molecule has 0 saturated heterocycles. The second kappa shape index (κ2) is 14.3. The van der Waals surface area contributed by atoms with Crippen LogP contribution in [0.2, 0.25) is 0 Å². The van der Waals surface area contributed by atoms with Gasteiger partial charge in [0, 0.05) is 11.1 Å². The minimum absolute atomic E-state index is 0.354. The van der Waals surface area contributed by atoms with Gasteiger partial charge in [-0.05, 0) is 51.4 Å². The molecule has 0 amide bonds. The third kappa shape index (κ3) is 9.02. The van der Waals surface area contributed by atoms with Gasteiger partial charge in [0.2, 0.25) is 0 Å². The predicted molar refractivity (Wildman–Crippen MR) is 105 cm³/mol. The number of carbonyl (C=O) groups excluding carboxylic acids is 2. The van der Waals surface area contributed by atoms with E-state index >= 15 is 0 Å². The van der Waals surface area contributed by atoms with Crippen molar-refractivity contribution in [2.75, 3.05) is 13.2 Å². The van der Waals surface area contributed by atoms with E-state index in [-0.39, 0.29) is 11.9 Å². The summed E-state index contributed by atoms with van der Waals surface area (Å²) in [7, 11) is 0. The molecule has 0 aromatic carbocycles. The summed E-state index contributed by atoms with van der Waals surface area (Å²) in [6.45, 7) is 4.96. The minimum atomic E-state index is -0.358. The Morgan fingerprint density at radius 3 is 1.50 bits per heavy atom.